The molecule has 0 spiro atoms. The summed E-state index contributed by atoms with van der Waals surface area (Å²) in [6.07, 6.45) is 0.646. The molecular formula is C21H24N2O4S. The molecule has 0 amide bonds. The third-order valence-electron chi connectivity index (χ3n) is 4.31. The fourth-order valence-corrected chi connectivity index (χ4v) is 3.81. The Morgan fingerprint density at radius 2 is 1.71 bits per heavy atom. The molecule has 1 aromatic heterocycles. The molecule has 0 radical (unpaired) electrons. The molecule has 0 saturated heterocycles. The number of methoxy groups -OCH3 is 3. The molecule has 0 fully saturated rings. The van der Waals surface area contributed by atoms with Crippen molar-refractivity contribution in [1.29, 1.82) is 0 Å². The molecule has 28 heavy (non-hydrogen) atoms. The zero-order valence-electron chi connectivity index (χ0n) is 16.2. The third kappa shape index (κ3) is 4.37. The standard InChI is InChI=1S/C21H24N2O4S/c1-25-17-8-6-16(7-9-17)22-21-23(11-4-12-24)18(14-28-21)15-5-10-19(26-2)20(13-15)27-3/h5-10,13-14,24H,4,11-12H2,1-3H3. The van der Waals surface area contributed by atoms with E-state index in [1.807, 2.05) is 42.5 Å². The van der Waals surface area contributed by atoms with E-state index in [1.165, 1.54) is 0 Å². The predicted octanol–water partition coefficient (Wildman–Crippen LogP) is 3.86. The minimum Gasteiger partial charge on any atom is -0.497 e. The molecule has 2 aromatic carbocycles. The van der Waals surface area contributed by atoms with Gasteiger partial charge in [0, 0.05) is 24.1 Å². The molecule has 3 rings (SSSR count). The largest absolute Gasteiger partial charge is 0.497 e. The molecule has 148 valence electrons. The fraction of sp³-hybridized carbons (Fsp3) is 0.286. The normalized spacial score (nSPS) is 11.5. The SMILES string of the molecule is COc1ccc(N=c2scc(-c3ccc(OC)c(OC)c3)n2CCCO)cc1. The Bertz CT molecular complexity index is 977. The van der Waals surface area contributed by atoms with Crippen LogP contribution in [-0.4, -0.2) is 37.6 Å². The van der Waals surface area contributed by atoms with Gasteiger partial charge in [-0.25, -0.2) is 4.99 Å². The number of hydrogen-bond donors (Lipinski definition) is 1. The highest BCUT2D eigenvalue weighted by Gasteiger charge is 2.12. The molecule has 0 aliphatic carbocycles. The van der Waals surface area contributed by atoms with Crippen molar-refractivity contribution in [3.05, 3.63) is 52.6 Å². The number of nitrogens with zero attached hydrogens (tertiary/aromatic N) is 2. The van der Waals surface area contributed by atoms with Crippen LogP contribution in [0.1, 0.15) is 6.42 Å². The molecule has 6 nitrogen and oxygen atoms in total. The Kier molecular flexibility index (Phi) is 6.73. The monoisotopic (exact) mass is 400 g/mol. The van der Waals surface area contributed by atoms with Gasteiger partial charge in [-0.2, -0.15) is 0 Å². The van der Waals surface area contributed by atoms with Gasteiger partial charge in [-0.3, -0.25) is 0 Å². The second-order valence-corrected chi connectivity index (χ2v) is 6.85. The number of benzene rings is 2. The van der Waals surface area contributed by atoms with Gasteiger partial charge in [-0.05, 0) is 48.9 Å². The summed E-state index contributed by atoms with van der Waals surface area (Å²) in [5.74, 6) is 2.16. The van der Waals surface area contributed by atoms with E-state index in [4.69, 9.17) is 19.2 Å². The summed E-state index contributed by atoms with van der Waals surface area (Å²) in [7, 11) is 4.89. The molecule has 7 heteroatoms. The zero-order chi connectivity index (χ0) is 19.9. The van der Waals surface area contributed by atoms with Crippen LogP contribution in [0.3, 0.4) is 0 Å². The van der Waals surface area contributed by atoms with Crippen LogP contribution >= 0.6 is 11.3 Å². The Morgan fingerprint density at radius 1 is 0.964 bits per heavy atom. The lowest BCUT2D eigenvalue weighted by Crippen LogP contribution is -2.16. The van der Waals surface area contributed by atoms with Crippen LogP contribution < -0.4 is 19.0 Å². The lowest BCUT2D eigenvalue weighted by atomic mass is 10.1. The first-order valence-corrected chi connectivity index (χ1v) is 9.78. The topological polar surface area (TPSA) is 65.2 Å². The number of thiazole rings is 1. The van der Waals surface area contributed by atoms with E-state index in [-0.39, 0.29) is 6.61 Å². The van der Waals surface area contributed by atoms with E-state index in [9.17, 15) is 5.11 Å². The maximum atomic E-state index is 9.32. The summed E-state index contributed by atoms with van der Waals surface area (Å²) in [5, 5.41) is 11.4. The smallest absolute Gasteiger partial charge is 0.190 e. The maximum Gasteiger partial charge on any atom is 0.190 e. The second-order valence-electron chi connectivity index (χ2n) is 6.01. The third-order valence-corrected chi connectivity index (χ3v) is 5.18. The first-order chi connectivity index (χ1) is 13.7. The van der Waals surface area contributed by atoms with Gasteiger partial charge in [0.25, 0.3) is 0 Å². The summed E-state index contributed by atoms with van der Waals surface area (Å²) in [5.41, 5.74) is 2.87. The van der Waals surface area contributed by atoms with E-state index in [2.05, 4.69) is 9.95 Å². The maximum absolute atomic E-state index is 9.32. The van der Waals surface area contributed by atoms with Gasteiger partial charge in [0.2, 0.25) is 0 Å². The van der Waals surface area contributed by atoms with Gasteiger partial charge in [0.15, 0.2) is 16.3 Å². The number of aliphatic hydroxyl groups excluding tert-OH is 1. The van der Waals surface area contributed by atoms with Crippen LogP contribution in [0, 0.1) is 0 Å². The van der Waals surface area contributed by atoms with Crippen molar-refractivity contribution in [2.75, 3.05) is 27.9 Å². The molecule has 0 aliphatic heterocycles. The van der Waals surface area contributed by atoms with Crippen LogP contribution in [0.15, 0.2) is 52.8 Å². The Balaban J connectivity index is 2.06. The molecule has 0 atom stereocenters. The molecule has 1 heterocycles. The average Bonchev–Trinajstić information content (AvgIpc) is 3.14. The summed E-state index contributed by atoms with van der Waals surface area (Å²) >= 11 is 1.56. The number of hydrogen-bond acceptors (Lipinski definition) is 6. The molecule has 0 unspecified atom stereocenters. The van der Waals surface area contributed by atoms with Crippen LogP contribution in [-0.2, 0) is 6.54 Å². The van der Waals surface area contributed by atoms with Gasteiger partial charge < -0.3 is 23.9 Å². The van der Waals surface area contributed by atoms with Gasteiger partial charge in [-0.15, -0.1) is 11.3 Å². The minimum atomic E-state index is 0.121. The summed E-state index contributed by atoms with van der Waals surface area (Å²) in [4.78, 5) is 5.64. The molecule has 0 aliphatic rings. The summed E-state index contributed by atoms with van der Waals surface area (Å²) < 4.78 is 18.1. The highest BCUT2D eigenvalue weighted by Crippen LogP contribution is 2.32. The molecular weight excluding hydrogens is 376 g/mol. The van der Waals surface area contributed by atoms with Gasteiger partial charge in [0.1, 0.15) is 5.75 Å². The highest BCUT2D eigenvalue weighted by molar-refractivity contribution is 7.07. The van der Waals surface area contributed by atoms with Gasteiger partial charge >= 0.3 is 0 Å². The van der Waals surface area contributed by atoms with E-state index in [1.54, 1.807) is 32.7 Å². The van der Waals surface area contributed by atoms with E-state index in [0.717, 1.165) is 27.5 Å². The number of rotatable bonds is 8. The summed E-state index contributed by atoms with van der Waals surface area (Å²) in [6.45, 7) is 0.787. The molecule has 3 aromatic rings. The number of aromatic nitrogens is 1. The van der Waals surface area contributed by atoms with Crippen molar-refractivity contribution in [3.8, 4) is 28.5 Å². The highest BCUT2D eigenvalue weighted by atomic mass is 32.1. The molecule has 0 bridgehead atoms. The van der Waals surface area contributed by atoms with Gasteiger partial charge in [-0.1, -0.05) is 0 Å². The van der Waals surface area contributed by atoms with E-state index in [0.29, 0.717) is 24.5 Å². The van der Waals surface area contributed by atoms with Crippen LogP contribution in [0.4, 0.5) is 5.69 Å². The Labute approximate surface area is 168 Å². The second kappa shape index (κ2) is 9.43. The number of aliphatic hydroxyl groups is 1. The van der Waals surface area contributed by atoms with Crippen molar-refractivity contribution in [2.24, 2.45) is 4.99 Å². The fourth-order valence-electron chi connectivity index (χ4n) is 2.86. The summed E-state index contributed by atoms with van der Waals surface area (Å²) in [6, 6.07) is 13.5. The number of ether oxygens (including phenoxy) is 3. The van der Waals surface area contributed by atoms with Crippen LogP contribution in [0.5, 0.6) is 17.2 Å². The van der Waals surface area contributed by atoms with Crippen molar-refractivity contribution in [2.45, 2.75) is 13.0 Å². The Morgan fingerprint density at radius 3 is 2.36 bits per heavy atom. The first kappa shape index (κ1) is 20.0. The molecule has 1 N–H and O–H groups in total. The van der Waals surface area contributed by atoms with Crippen molar-refractivity contribution >= 4 is 17.0 Å². The molecule has 0 saturated carbocycles. The van der Waals surface area contributed by atoms with E-state index < -0.39 is 0 Å². The van der Waals surface area contributed by atoms with Crippen molar-refractivity contribution < 1.29 is 19.3 Å². The van der Waals surface area contributed by atoms with Crippen molar-refractivity contribution in [3.63, 3.8) is 0 Å². The van der Waals surface area contributed by atoms with Crippen LogP contribution in [0.2, 0.25) is 0 Å². The minimum absolute atomic E-state index is 0.121. The lowest BCUT2D eigenvalue weighted by Gasteiger charge is -2.12. The lowest BCUT2D eigenvalue weighted by molar-refractivity contribution is 0.279. The van der Waals surface area contributed by atoms with Gasteiger partial charge in [0.05, 0.1) is 32.7 Å². The zero-order valence-corrected chi connectivity index (χ0v) is 17.0. The van der Waals surface area contributed by atoms with Crippen molar-refractivity contribution in [1.82, 2.24) is 4.57 Å². The van der Waals surface area contributed by atoms with Crippen LogP contribution in [0.25, 0.3) is 11.3 Å². The van der Waals surface area contributed by atoms with E-state index >= 15 is 0 Å². The quantitative estimate of drug-likeness (QED) is 0.624. The predicted molar refractivity (Wildman–Crippen MR) is 111 cm³/mol. The average molecular weight is 401 g/mol. The first-order valence-electron chi connectivity index (χ1n) is 8.90. The Hall–Kier alpha value is -2.77.